The predicted octanol–water partition coefficient (Wildman–Crippen LogP) is -3.07. The fraction of sp³-hybridized carbons (Fsp3) is 0. The maximum absolute atomic E-state index is 11.8. The van der Waals surface area contributed by atoms with E-state index in [4.69, 9.17) is 0 Å². The van der Waals surface area contributed by atoms with Crippen molar-refractivity contribution in [1.82, 2.24) is 0 Å². The van der Waals surface area contributed by atoms with Gasteiger partial charge in [-0.15, -0.1) is 0 Å². The zero-order valence-electron chi connectivity index (χ0n) is 9.06. The number of carbonyl (C=O) groups is 1. The van der Waals surface area contributed by atoms with Crippen molar-refractivity contribution in [2.24, 2.45) is 0 Å². The van der Waals surface area contributed by atoms with E-state index in [-0.39, 0.29) is 41.6 Å². The monoisotopic (exact) mass is 268 g/mol. The Morgan fingerprint density at radius 2 is 1.00 bits per heavy atom. The van der Waals surface area contributed by atoms with Gasteiger partial charge in [-0.25, -0.2) is 0 Å². The second-order valence-electron chi connectivity index (χ2n) is 3.06. The van der Waals surface area contributed by atoms with Gasteiger partial charge in [-0.3, -0.25) is 4.79 Å². The maximum atomic E-state index is 11.8. The first-order valence-electron chi connectivity index (χ1n) is 4.53. The molecule has 0 radical (unpaired) electrons. The standard InChI is InChI=1S/C13H10O.BrH.Li/c14-13(11-7-3-1-4-8-11)12-9-5-2-6-10-12;;/h1-10H;1H;/q;;+1/p-1. The smallest absolute Gasteiger partial charge is 1.00 e. The quantitative estimate of drug-likeness (QED) is 0.417. The van der Waals surface area contributed by atoms with E-state index < -0.39 is 0 Å². The Bertz CT molecular complexity index is 387. The molecule has 0 aromatic heterocycles. The predicted molar refractivity (Wildman–Crippen MR) is 56.3 cm³/mol. The van der Waals surface area contributed by atoms with Crippen LogP contribution in [0.25, 0.3) is 0 Å². The third kappa shape index (κ3) is 3.64. The van der Waals surface area contributed by atoms with E-state index in [2.05, 4.69) is 0 Å². The van der Waals surface area contributed by atoms with Crippen LogP contribution in [0.1, 0.15) is 15.9 Å². The minimum Gasteiger partial charge on any atom is -1.00 e. The number of carbonyl (C=O) groups excluding carboxylic acids is 1. The average molecular weight is 269 g/mol. The molecule has 0 unspecified atom stereocenters. The Labute approximate surface area is 118 Å². The van der Waals surface area contributed by atoms with Crippen molar-refractivity contribution in [3.63, 3.8) is 0 Å². The Hall–Kier alpha value is -0.813. The van der Waals surface area contributed by atoms with E-state index in [1.807, 2.05) is 60.7 Å². The summed E-state index contributed by atoms with van der Waals surface area (Å²) < 4.78 is 0. The van der Waals surface area contributed by atoms with Crippen molar-refractivity contribution in [1.29, 1.82) is 0 Å². The molecule has 0 heterocycles. The van der Waals surface area contributed by atoms with Gasteiger partial charge in [0.1, 0.15) is 0 Å². The summed E-state index contributed by atoms with van der Waals surface area (Å²) in [5.41, 5.74) is 1.47. The third-order valence-electron chi connectivity index (χ3n) is 2.07. The third-order valence-corrected chi connectivity index (χ3v) is 2.07. The summed E-state index contributed by atoms with van der Waals surface area (Å²) in [6, 6.07) is 18.6. The first-order valence-corrected chi connectivity index (χ1v) is 4.53. The van der Waals surface area contributed by atoms with Gasteiger partial charge in [0.05, 0.1) is 0 Å². The van der Waals surface area contributed by atoms with Crippen molar-refractivity contribution in [3.05, 3.63) is 71.8 Å². The van der Waals surface area contributed by atoms with Crippen LogP contribution in [-0.4, -0.2) is 5.78 Å². The van der Waals surface area contributed by atoms with Crippen molar-refractivity contribution in [2.45, 2.75) is 0 Å². The van der Waals surface area contributed by atoms with E-state index in [0.717, 1.165) is 11.1 Å². The van der Waals surface area contributed by atoms with Gasteiger partial charge in [-0.1, -0.05) is 60.7 Å². The van der Waals surface area contributed by atoms with Gasteiger partial charge in [0.2, 0.25) is 0 Å². The van der Waals surface area contributed by atoms with Crippen LogP contribution in [0, 0.1) is 0 Å². The summed E-state index contributed by atoms with van der Waals surface area (Å²) in [6.45, 7) is 0. The van der Waals surface area contributed by atoms with Crippen LogP contribution in [0.4, 0.5) is 0 Å². The number of rotatable bonds is 2. The second kappa shape index (κ2) is 7.46. The minimum absolute atomic E-state index is 0. The normalized spacial score (nSPS) is 8.50. The Balaban J connectivity index is 0.00000112. The molecule has 0 fully saturated rings. The molecule has 2 aromatic carbocycles. The van der Waals surface area contributed by atoms with Crippen molar-refractivity contribution >= 4 is 5.78 Å². The SMILES string of the molecule is O=C(c1ccccc1)c1ccccc1.[Br-].[Li+]. The molecule has 0 aliphatic heterocycles. The van der Waals surface area contributed by atoms with Gasteiger partial charge in [0.25, 0.3) is 0 Å². The first-order chi connectivity index (χ1) is 6.88. The van der Waals surface area contributed by atoms with Gasteiger partial charge in [0.15, 0.2) is 5.78 Å². The zero-order chi connectivity index (χ0) is 9.80. The average Bonchev–Trinajstić information content (AvgIpc) is 2.30. The Morgan fingerprint density at radius 3 is 1.31 bits per heavy atom. The molecular weight excluding hydrogens is 259 g/mol. The summed E-state index contributed by atoms with van der Waals surface area (Å²) in [5.74, 6) is 0.0752. The molecule has 0 saturated carbocycles. The van der Waals surface area contributed by atoms with Crippen molar-refractivity contribution in [2.75, 3.05) is 0 Å². The van der Waals surface area contributed by atoms with Crippen molar-refractivity contribution in [3.8, 4) is 0 Å². The molecule has 0 saturated heterocycles. The van der Waals surface area contributed by atoms with Gasteiger partial charge in [0, 0.05) is 11.1 Å². The molecular formula is C13H10BrLiO. The maximum Gasteiger partial charge on any atom is 1.00 e. The largest absolute Gasteiger partial charge is 1.00 e. The molecule has 76 valence electrons. The number of halogens is 1. The Morgan fingerprint density at radius 1 is 0.688 bits per heavy atom. The fourth-order valence-corrected chi connectivity index (χ4v) is 1.35. The van der Waals surface area contributed by atoms with Crippen LogP contribution in [0.2, 0.25) is 0 Å². The van der Waals surface area contributed by atoms with Gasteiger partial charge >= 0.3 is 18.9 Å². The van der Waals surface area contributed by atoms with Gasteiger partial charge in [-0.05, 0) is 0 Å². The fourth-order valence-electron chi connectivity index (χ4n) is 1.35. The summed E-state index contributed by atoms with van der Waals surface area (Å²) in [5, 5.41) is 0. The molecule has 0 aliphatic carbocycles. The molecule has 16 heavy (non-hydrogen) atoms. The number of benzene rings is 2. The zero-order valence-corrected chi connectivity index (χ0v) is 10.6. The summed E-state index contributed by atoms with van der Waals surface area (Å²) in [4.78, 5) is 11.8. The topological polar surface area (TPSA) is 17.1 Å². The van der Waals surface area contributed by atoms with Crippen LogP contribution >= 0.6 is 0 Å². The second-order valence-corrected chi connectivity index (χ2v) is 3.06. The minimum atomic E-state index is 0. The van der Waals surface area contributed by atoms with Crippen LogP contribution in [0.5, 0.6) is 0 Å². The molecule has 0 N–H and O–H groups in total. The van der Waals surface area contributed by atoms with Crippen molar-refractivity contribution < 1.29 is 40.6 Å². The number of hydrogen-bond donors (Lipinski definition) is 0. The van der Waals surface area contributed by atoms with Gasteiger partial charge in [-0.2, -0.15) is 0 Å². The van der Waals surface area contributed by atoms with E-state index >= 15 is 0 Å². The van der Waals surface area contributed by atoms with Gasteiger partial charge < -0.3 is 17.0 Å². The molecule has 0 aliphatic rings. The molecule has 0 atom stereocenters. The van der Waals surface area contributed by atoms with Crippen LogP contribution in [0.15, 0.2) is 60.7 Å². The molecule has 3 heteroatoms. The van der Waals surface area contributed by atoms with E-state index in [9.17, 15) is 4.79 Å². The first kappa shape index (κ1) is 15.2. The molecule has 0 amide bonds. The van der Waals surface area contributed by atoms with Crippen LogP contribution in [0.3, 0.4) is 0 Å². The molecule has 0 bridgehead atoms. The Kier molecular flexibility index (Phi) is 7.08. The van der Waals surface area contributed by atoms with E-state index in [1.165, 1.54) is 0 Å². The number of ketones is 1. The molecule has 2 rings (SSSR count). The van der Waals surface area contributed by atoms with Crippen LogP contribution < -0.4 is 35.8 Å². The van der Waals surface area contributed by atoms with E-state index in [0.29, 0.717) is 0 Å². The molecule has 1 nitrogen and oxygen atoms in total. The summed E-state index contributed by atoms with van der Waals surface area (Å²) in [6.07, 6.45) is 0. The van der Waals surface area contributed by atoms with Crippen LogP contribution in [-0.2, 0) is 0 Å². The van der Waals surface area contributed by atoms with E-state index in [1.54, 1.807) is 0 Å². The summed E-state index contributed by atoms with van der Waals surface area (Å²) >= 11 is 0. The molecule has 0 spiro atoms. The summed E-state index contributed by atoms with van der Waals surface area (Å²) in [7, 11) is 0. The number of hydrogen-bond acceptors (Lipinski definition) is 1. The molecule has 2 aromatic rings.